The zero-order valence-corrected chi connectivity index (χ0v) is 17.2. The summed E-state index contributed by atoms with van der Waals surface area (Å²) in [4.78, 5) is 10.6. The molecule has 148 valence electrons. The molecule has 1 aromatic carbocycles. The largest absolute Gasteiger partial charge is 0.361 e. The van der Waals surface area contributed by atoms with Crippen LogP contribution in [0.25, 0.3) is 10.9 Å². The average Bonchev–Trinajstić information content (AvgIpc) is 3.41. The second-order valence-electron chi connectivity index (χ2n) is 7.37. The Morgan fingerprint density at radius 1 is 1.43 bits per heavy atom. The van der Waals surface area contributed by atoms with Gasteiger partial charge in [-0.1, -0.05) is 11.6 Å². The lowest BCUT2D eigenvalue weighted by Crippen LogP contribution is -2.40. The van der Waals surface area contributed by atoms with E-state index in [2.05, 4.69) is 39.6 Å². The number of benzene rings is 1. The van der Waals surface area contributed by atoms with Gasteiger partial charge in [-0.15, -0.1) is 0 Å². The number of hydrogen-bond donors (Lipinski definition) is 2. The molecular weight excluding hydrogens is 372 g/mol. The molecule has 2 N–H and O–H groups in total. The minimum absolute atomic E-state index is 0.522. The van der Waals surface area contributed by atoms with Crippen LogP contribution in [-0.4, -0.2) is 51.8 Å². The summed E-state index contributed by atoms with van der Waals surface area (Å²) in [6, 6.07) is 5.96. The van der Waals surface area contributed by atoms with Gasteiger partial charge >= 0.3 is 0 Å². The predicted octanol–water partition coefficient (Wildman–Crippen LogP) is 3.55. The normalized spacial score (nSPS) is 17.6. The molecule has 3 heterocycles. The van der Waals surface area contributed by atoms with Gasteiger partial charge in [-0.05, 0) is 49.1 Å². The lowest BCUT2D eigenvalue weighted by Gasteiger charge is -2.21. The quantitative estimate of drug-likeness (QED) is 0.510. The van der Waals surface area contributed by atoms with E-state index in [4.69, 9.17) is 16.6 Å². The van der Waals surface area contributed by atoms with E-state index in [9.17, 15) is 0 Å². The van der Waals surface area contributed by atoms with E-state index in [-0.39, 0.29) is 0 Å². The maximum atomic E-state index is 6.16. The Hall–Kier alpha value is -2.47. The number of halogens is 1. The van der Waals surface area contributed by atoms with Gasteiger partial charge in [0.1, 0.15) is 0 Å². The smallest absolute Gasteiger partial charge is 0.193 e. The first-order valence-corrected chi connectivity index (χ1v) is 10.3. The fraction of sp³-hybridized carbons (Fsp3) is 0.429. The van der Waals surface area contributed by atoms with Gasteiger partial charge in [0, 0.05) is 67.5 Å². The number of guanidine groups is 1. The SMILES string of the molecule is CCNC(=NCCc1c[nH]c2ccc(Cl)cc12)N1CCC(c2cnn(C)c2)C1. The van der Waals surface area contributed by atoms with Gasteiger partial charge in [-0.2, -0.15) is 5.10 Å². The molecular formula is C21H27ClN6. The van der Waals surface area contributed by atoms with Crippen LogP contribution in [0.3, 0.4) is 0 Å². The molecule has 1 saturated heterocycles. The van der Waals surface area contributed by atoms with Gasteiger partial charge in [0.15, 0.2) is 5.96 Å². The first-order chi connectivity index (χ1) is 13.6. The zero-order valence-electron chi connectivity index (χ0n) is 16.5. The third-order valence-electron chi connectivity index (χ3n) is 5.39. The number of rotatable bonds is 5. The highest BCUT2D eigenvalue weighted by Crippen LogP contribution is 2.27. The highest BCUT2D eigenvalue weighted by atomic mass is 35.5. The molecule has 0 radical (unpaired) electrons. The van der Waals surface area contributed by atoms with Crippen LogP contribution in [0.2, 0.25) is 5.02 Å². The van der Waals surface area contributed by atoms with E-state index in [0.717, 1.165) is 55.5 Å². The fourth-order valence-electron chi connectivity index (χ4n) is 3.94. The molecule has 1 fully saturated rings. The van der Waals surface area contributed by atoms with Crippen LogP contribution in [0.1, 0.15) is 30.4 Å². The molecule has 1 atom stereocenters. The Balaban J connectivity index is 1.42. The zero-order chi connectivity index (χ0) is 19.5. The van der Waals surface area contributed by atoms with Crippen molar-refractivity contribution in [2.45, 2.75) is 25.7 Å². The summed E-state index contributed by atoms with van der Waals surface area (Å²) < 4.78 is 1.88. The van der Waals surface area contributed by atoms with E-state index in [1.807, 2.05) is 36.1 Å². The second-order valence-corrected chi connectivity index (χ2v) is 7.80. The van der Waals surface area contributed by atoms with E-state index >= 15 is 0 Å². The number of aromatic nitrogens is 3. The molecule has 0 spiro atoms. The van der Waals surface area contributed by atoms with Crippen molar-refractivity contribution in [1.29, 1.82) is 0 Å². The number of fused-ring (bicyclic) bond motifs is 1. The number of likely N-dealkylation sites (tertiary alicyclic amines) is 1. The summed E-state index contributed by atoms with van der Waals surface area (Å²) >= 11 is 6.16. The van der Waals surface area contributed by atoms with Crippen LogP contribution in [0.4, 0.5) is 0 Å². The third kappa shape index (κ3) is 4.02. The number of hydrogen-bond acceptors (Lipinski definition) is 2. The number of aromatic amines is 1. The molecule has 0 aliphatic carbocycles. The number of aryl methyl sites for hydroxylation is 1. The summed E-state index contributed by atoms with van der Waals surface area (Å²) in [7, 11) is 1.97. The first kappa shape index (κ1) is 18.9. The van der Waals surface area contributed by atoms with Crippen LogP contribution in [0.15, 0.2) is 41.8 Å². The van der Waals surface area contributed by atoms with Crippen LogP contribution in [0.5, 0.6) is 0 Å². The van der Waals surface area contributed by atoms with Crippen molar-refractivity contribution in [3.05, 3.63) is 52.9 Å². The topological polar surface area (TPSA) is 61.2 Å². The Bertz CT molecular complexity index is 972. The fourth-order valence-corrected chi connectivity index (χ4v) is 4.11. The Morgan fingerprint density at radius 2 is 2.32 bits per heavy atom. The Morgan fingerprint density at radius 3 is 3.11 bits per heavy atom. The lowest BCUT2D eigenvalue weighted by molar-refractivity contribution is 0.486. The highest BCUT2D eigenvalue weighted by Gasteiger charge is 2.26. The maximum absolute atomic E-state index is 6.16. The van der Waals surface area contributed by atoms with Crippen molar-refractivity contribution in [2.75, 3.05) is 26.2 Å². The highest BCUT2D eigenvalue weighted by molar-refractivity contribution is 6.31. The lowest BCUT2D eigenvalue weighted by atomic mass is 10.0. The van der Waals surface area contributed by atoms with Gasteiger partial charge in [-0.3, -0.25) is 9.67 Å². The molecule has 28 heavy (non-hydrogen) atoms. The van der Waals surface area contributed by atoms with E-state index < -0.39 is 0 Å². The number of aliphatic imine (C=N–C) groups is 1. The number of nitrogens with zero attached hydrogens (tertiary/aromatic N) is 4. The van der Waals surface area contributed by atoms with Gasteiger partial charge in [0.2, 0.25) is 0 Å². The van der Waals surface area contributed by atoms with Crippen LogP contribution >= 0.6 is 11.6 Å². The number of nitrogens with one attached hydrogen (secondary N) is 2. The van der Waals surface area contributed by atoms with Crippen molar-refractivity contribution in [3.63, 3.8) is 0 Å². The summed E-state index contributed by atoms with van der Waals surface area (Å²) in [6.45, 7) is 5.74. The van der Waals surface area contributed by atoms with Gasteiger partial charge < -0.3 is 15.2 Å². The molecule has 7 heteroatoms. The maximum Gasteiger partial charge on any atom is 0.193 e. The Kier molecular flexibility index (Phi) is 5.57. The molecule has 3 aromatic rings. The molecule has 2 aromatic heterocycles. The molecule has 0 amide bonds. The molecule has 0 saturated carbocycles. The molecule has 1 aliphatic rings. The van der Waals surface area contributed by atoms with E-state index in [1.54, 1.807) is 0 Å². The minimum atomic E-state index is 0.522. The monoisotopic (exact) mass is 398 g/mol. The van der Waals surface area contributed by atoms with Crippen molar-refractivity contribution in [3.8, 4) is 0 Å². The third-order valence-corrected chi connectivity index (χ3v) is 5.63. The van der Waals surface area contributed by atoms with Crippen molar-refractivity contribution in [2.24, 2.45) is 12.0 Å². The molecule has 1 aliphatic heterocycles. The standard InChI is InChI=1S/C21H27ClN6/c1-3-23-21(28-9-7-16(14-28)17-12-26-27(2)13-17)24-8-6-15-11-25-20-5-4-18(22)10-19(15)20/h4-5,10-13,16,25H,3,6-9,14H2,1-2H3,(H,23,24). The van der Waals surface area contributed by atoms with E-state index in [0.29, 0.717) is 5.92 Å². The molecule has 0 bridgehead atoms. The second kappa shape index (κ2) is 8.27. The Labute approximate surface area is 170 Å². The number of H-pyrrole nitrogens is 1. The summed E-state index contributed by atoms with van der Waals surface area (Å²) in [5.74, 6) is 1.53. The van der Waals surface area contributed by atoms with Gasteiger partial charge in [0.25, 0.3) is 0 Å². The summed E-state index contributed by atoms with van der Waals surface area (Å²) in [5.41, 5.74) is 3.69. The van der Waals surface area contributed by atoms with E-state index in [1.165, 1.54) is 16.5 Å². The van der Waals surface area contributed by atoms with Crippen molar-refractivity contribution in [1.82, 2.24) is 25.0 Å². The van der Waals surface area contributed by atoms with Crippen LogP contribution < -0.4 is 5.32 Å². The van der Waals surface area contributed by atoms with Crippen LogP contribution in [0, 0.1) is 0 Å². The minimum Gasteiger partial charge on any atom is -0.361 e. The summed E-state index contributed by atoms with van der Waals surface area (Å²) in [5, 5.41) is 9.72. The van der Waals surface area contributed by atoms with Gasteiger partial charge in [-0.25, -0.2) is 0 Å². The molecule has 4 rings (SSSR count). The van der Waals surface area contributed by atoms with Crippen molar-refractivity contribution < 1.29 is 0 Å². The average molecular weight is 399 g/mol. The van der Waals surface area contributed by atoms with Crippen LogP contribution in [-0.2, 0) is 13.5 Å². The summed E-state index contributed by atoms with van der Waals surface area (Å²) in [6.07, 6.45) is 8.20. The van der Waals surface area contributed by atoms with Gasteiger partial charge in [0.05, 0.1) is 6.20 Å². The molecule has 1 unspecified atom stereocenters. The molecule has 6 nitrogen and oxygen atoms in total. The predicted molar refractivity (Wildman–Crippen MR) is 115 cm³/mol. The van der Waals surface area contributed by atoms with Crippen molar-refractivity contribution >= 4 is 28.5 Å². The first-order valence-electron chi connectivity index (χ1n) is 9.91.